The topological polar surface area (TPSA) is 70.5 Å². The normalized spacial score (nSPS) is 18.9. The fourth-order valence-electron chi connectivity index (χ4n) is 2.36. The van der Waals surface area contributed by atoms with Gasteiger partial charge in [-0.25, -0.2) is 4.79 Å². The second-order valence-corrected chi connectivity index (χ2v) is 4.44. The van der Waals surface area contributed by atoms with Crippen LogP contribution in [-0.2, 0) is 0 Å². The number of nitrogens with zero attached hydrogens (tertiary/aromatic N) is 2. The van der Waals surface area contributed by atoms with Gasteiger partial charge in [0, 0.05) is 18.8 Å². The van der Waals surface area contributed by atoms with Gasteiger partial charge in [0.25, 0.3) is 5.91 Å². The van der Waals surface area contributed by atoms with Crippen molar-refractivity contribution in [3.8, 4) is 0 Å². The summed E-state index contributed by atoms with van der Waals surface area (Å²) in [7, 11) is 0. The van der Waals surface area contributed by atoms with Gasteiger partial charge >= 0.3 is 5.97 Å². The van der Waals surface area contributed by atoms with Crippen molar-refractivity contribution in [1.29, 1.82) is 0 Å². The van der Waals surface area contributed by atoms with Gasteiger partial charge in [-0.05, 0) is 31.4 Å². The van der Waals surface area contributed by atoms with Crippen LogP contribution in [0.2, 0.25) is 0 Å². The Labute approximate surface area is 105 Å². The Morgan fingerprint density at radius 3 is 3.00 bits per heavy atom. The van der Waals surface area contributed by atoms with E-state index in [9.17, 15) is 9.59 Å². The van der Waals surface area contributed by atoms with Crippen molar-refractivity contribution in [3.05, 3.63) is 29.6 Å². The van der Waals surface area contributed by atoms with E-state index >= 15 is 0 Å². The third-order valence-corrected chi connectivity index (χ3v) is 3.34. The van der Waals surface area contributed by atoms with Gasteiger partial charge in [-0.2, -0.15) is 0 Å². The molecule has 1 aliphatic rings. The molecular formula is C13H16N2O3. The SMILES string of the molecule is CC[C@H]1CCCN1C(=O)c1cc(C(=O)O)ccn1. The number of likely N-dealkylation sites (tertiary alicyclic amines) is 1. The van der Waals surface area contributed by atoms with Gasteiger partial charge in [0.05, 0.1) is 5.56 Å². The summed E-state index contributed by atoms with van der Waals surface area (Å²) in [5.41, 5.74) is 0.316. The highest BCUT2D eigenvalue weighted by Crippen LogP contribution is 2.21. The molecule has 1 aliphatic heterocycles. The predicted molar refractivity (Wildman–Crippen MR) is 65.5 cm³/mol. The maximum absolute atomic E-state index is 12.3. The minimum absolute atomic E-state index is 0.0978. The number of carboxylic acids is 1. The molecule has 1 aromatic heterocycles. The minimum Gasteiger partial charge on any atom is -0.478 e. The lowest BCUT2D eigenvalue weighted by Gasteiger charge is -2.23. The summed E-state index contributed by atoms with van der Waals surface area (Å²) in [5.74, 6) is -1.21. The molecule has 5 nitrogen and oxygen atoms in total. The Bertz CT molecular complexity index is 473. The largest absolute Gasteiger partial charge is 0.478 e. The second-order valence-electron chi connectivity index (χ2n) is 4.44. The molecule has 1 aromatic rings. The third kappa shape index (κ3) is 2.34. The smallest absolute Gasteiger partial charge is 0.335 e. The molecule has 1 amide bonds. The molecule has 1 fully saturated rings. The fourth-order valence-corrected chi connectivity index (χ4v) is 2.36. The van der Waals surface area contributed by atoms with Crippen LogP contribution in [0.3, 0.4) is 0 Å². The van der Waals surface area contributed by atoms with Crippen molar-refractivity contribution >= 4 is 11.9 Å². The molecule has 18 heavy (non-hydrogen) atoms. The van der Waals surface area contributed by atoms with Crippen LogP contribution in [0.4, 0.5) is 0 Å². The highest BCUT2D eigenvalue weighted by atomic mass is 16.4. The molecule has 2 heterocycles. The average Bonchev–Trinajstić information content (AvgIpc) is 2.86. The van der Waals surface area contributed by atoms with Crippen LogP contribution in [0.15, 0.2) is 18.3 Å². The lowest BCUT2D eigenvalue weighted by Crippen LogP contribution is -2.35. The summed E-state index contributed by atoms with van der Waals surface area (Å²) in [6.07, 6.45) is 4.31. The van der Waals surface area contributed by atoms with E-state index in [1.165, 1.54) is 18.3 Å². The molecule has 0 bridgehead atoms. The number of hydrogen-bond donors (Lipinski definition) is 1. The number of hydrogen-bond acceptors (Lipinski definition) is 3. The standard InChI is InChI=1S/C13H16N2O3/c1-2-10-4-3-7-15(10)12(16)11-8-9(13(17)18)5-6-14-11/h5-6,8,10H,2-4,7H2,1H3,(H,17,18)/t10-/m0/s1. The fraction of sp³-hybridized carbons (Fsp3) is 0.462. The van der Waals surface area contributed by atoms with Crippen LogP contribution >= 0.6 is 0 Å². The maximum atomic E-state index is 12.3. The molecule has 0 spiro atoms. The molecule has 0 aromatic carbocycles. The number of aromatic carboxylic acids is 1. The first-order chi connectivity index (χ1) is 8.63. The van der Waals surface area contributed by atoms with Gasteiger partial charge in [0.15, 0.2) is 0 Å². The Kier molecular flexibility index (Phi) is 3.60. The van der Waals surface area contributed by atoms with Gasteiger partial charge in [-0.3, -0.25) is 9.78 Å². The quantitative estimate of drug-likeness (QED) is 0.885. The van der Waals surface area contributed by atoms with Gasteiger partial charge in [-0.1, -0.05) is 6.92 Å². The minimum atomic E-state index is -1.04. The Balaban J connectivity index is 2.23. The van der Waals surface area contributed by atoms with E-state index in [2.05, 4.69) is 11.9 Å². The number of amides is 1. The third-order valence-electron chi connectivity index (χ3n) is 3.34. The van der Waals surface area contributed by atoms with Crippen molar-refractivity contribution in [3.63, 3.8) is 0 Å². The van der Waals surface area contributed by atoms with Crippen LogP contribution in [0.5, 0.6) is 0 Å². The molecular weight excluding hydrogens is 232 g/mol. The Morgan fingerprint density at radius 1 is 1.56 bits per heavy atom. The number of rotatable bonds is 3. The van der Waals surface area contributed by atoms with Crippen molar-refractivity contribution in [1.82, 2.24) is 9.88 Å². The van der Waals surface area contributed by atoms with Crippen molar-refractivity contribution < 1.29 is 14.7 Å². The van der Waals surface area contributed by atoms with Crippen LogP contribution in [0.1, 0.15) is 47.0 Å². The van der Waals surface area contributed by atoms with E-state index in [4.69, 9.17) is 5.11 Å². The van der Waals surface area contributed by atoms with Gasteiger partial charge in [0.2, 0.25) is 0 Å². The Morgan fingerprint density at radius 2 is 2.33 bits per heavy atom. The molecule has 5 heteroatoms. The zero-order chi connectivity index (χ0) is 13.1. The molecule has 1 saturated heterocycles. The van der Waals surface area contributed by atoms with E-state index in [-0.39, 0.29) is 23.2 Å². The van der Waals surface area contributed by atoms with E-state index in [1.54, 1.807) is 4.90 Å². The van der Waals surface area contributed by atoms with Crippen LogP contribution in [-0.4, -0.2) is 39.5 Å². The van der Waals surface area contributed by atoms with Crippen molar-refractivity contribution in [2.45, 2.75) is 32.2 Å². The summed E-state index contributed by atoms with van der Waals surface area (Å²) in [5, 5.41) is 8.90. The first-order valence-corrected chi connectivity index (χ1v) is 6.13. The van der Waals surface area contributed by atoms with Crippen molar-refractivity contribution in [2.75, 3.05) is 6.54 Å². The highest BCUT2D eigenvalue weighted by Gasteiger charge is 2.28. The Hall–Kier alpha value is -1.91. The van der Waals surface area contributed by atoms with E-state index < -0.39 is 5.97 Å². The zero-order valence-corrected chi connectivity index (χ0v) is 10.3. The summed E-state index contributed by atoms with van der Waals surface area (Å²) in [4.78, 5) is 28.9. The number of pyridine rings is 1. The molecule has 0 unspecified atom stereocenters. The summed E-state index contributed by atoms with van der Waals surface area (Å²) >= 11 is 0. The summed E-state index contributed by atoms with van der Waals surface area (Å²) in [6, 6.07) is 2.99. The number of carboxylic acid groups (broad SMARTS) is 1. The van der Waals surface area contributed by atoms with E-state index in [0.29, 0.717) is 0 Å². The summed E-state index contributed by atoms with van der Waals surface area (Å²) < 4.78 is 0. The van der Waals surface area contributed by atoms with Crippen molar-refractivity contribution in [2.24, 2.45) is 0 Å². The van der Waals surface area contributed by atoms with Gasteiger partial charge in [-0.15, -0.1) is 0 Å². The van der Waals surface area contributed by atoms with E-state index in [0.717, 1.165) is 25.8 Å². The molecule has 1 atom stereocenters. The number of carbonyl (C=O) groups excluding carboxylic acids is 1. The molecule has 0 radical (unpaired) electrons. The molecule has 0 aliphatic carbocycles. The van der Waals surface area contributed by atoms with E-state index in [1.807, 2.05) is 0 Å². The molecule has 0 saturated carbocycles. The van der Waals surface area contributed by atoms with Gasteiger partial charge in [0.1, 0.15) is 5.69 Å². The zero-order valence-electron chi connectivity index (χ0n) is 10.3. The lowest BCUT2D eigenvalue weighted by atomic mass is 10.1. The number of carbonyl (C=O) groups is 2. The highest BCUT2D eigenvalue weighted by molar-refractivity contribution is 5.96. The first-order valence-electron chi connectivity index (χ1n) is 6.13. The van der Waals surface area contributed by atoms with Crippen LogP contribution < -0.4 is 0 Å². The number of aromatic nitrogens is 1. The molecule has 96 valence electrons. The predicted octanol–water partition coefficient (Wildman–Crippen LogP) is 1.79. The summed E-state index contributed by atoms with van der Waals surface area (Å²) in [6.45, 7) is 2.79. The maximum Gasteiger partial charge on any atom is 0.335 e. The van der Waals surface area contributed by atoms with Crippen LogP contribution in [0.25, 0.3) is 0 Å². The lowest BCUT2D eigenvalue weighted by molar-refractivity contribution is 0.0696. The first kappa shape index (κ1) is 12.5. The molecule has 2 rings (SSSR count). The van der Waals surface area contributed by atoms with Gasteiger partial charge < -0.3 is 10.0 Å². The molecule has 1 N–H and O–H groups in total. The second kappa shape index (κ2) is 5.16. The van der Waals surface area contributed by atoms with Crippen LogP contribution in [0, 0.1) is 0 Å². The average molecular weight is 248 g/mol. The monoisotopic (exact) mass is 248 g/mol.